The highest BCUT2D eigenvalue weighted by Gasteiger charge is 2.25. The molecule has 1 aliphatic heterocycles. The molecule has 1 saturated heterocycles. The number of nitrogens with zero attached hydrogens (tertiary/aromatic N) is 2. The van der Waals surface area contributed by atoms with Gasteiger partial charge in [-0.05, 0) is 67.6 Å². The van der Waals surface area contributed by atoms with Gasteiger partial charge in [0, 0.05) is 37.8 Å². The second-order valence-corrected chi connectivity index (χ2v) is 9.22. The number of benzene rings is 2. The maximum absolute atomic E-state index is 13.1. The molecule has 7 heteroatoms. The summed E-state index contributed by atoms with van der Waals surface area (Å²) in [5, 5.41) is 2.90. The van der Waals surface area contributed by atoms with Gasteiger partial charge in [-0.25, -0.2) is 9.18 Å². The summed E-state index contributed by atoms with van der Waals surface area (Å²) >= 11 is 0. The minimum atomic E-state index is -0.275. The number of carbonyl (C=O) groups is 2. The molecule has 33 heavy (non-hydrogen) atoms. The highest BCUT2D eigenvalue weighted by atomic mass is 19.1. The Morgan fingerprint density at radius 1 is 0.970 bits per heavy atom. The Morgan fingerprint density at radius 3 is 2.21 bits per heavy atom. The van der Waals surface area contributed by atoms with E-state index in [-0.39, 0.29) is 23.8 Å². The lowest BCUT2D eigenvalue weighted by atomic mass is 9.99. The monoisotopic (exact) mass is 455 g/mol. The average Bonchev–Trinajstić information content (AvgIpc) is 2.78. The summed E-state index contributed by atoms with van der Waals surface area (Å²) in [5.74, 6) is 0.823. The van der Waals surface area contributed by atoms with Crippen LogP contribution in [0, 0.1) is 11.7 Å². The van der Waals surface area contributed by atoms with Gasteiger partial charge in [0.05, 0.1) is 0 Å². The SMILES string of the molecule is CC(C)Cc1cc(C(=O)N2CCN(C(=O)NC(C)C)CC2)ccc1OCc1ccc(F)cc1. The van der Waals surface area contributed by atoms with Crippen LogP contribution in [0.2, 0.25) is 0 Å². The Labute approximate surface area is 195 Å². The first kappa shape index (κ1) is 24.6. The highest BCUT2D eigenvalue weighted by Crippen LogP contribution is 2.25. The van der Waals surface area contributed by atoms with Crippen LogP contribution in [0.3, 0.4) is 0 Å². The molecule has 0 aromatic heterocycles. The molecule has 1 heterocycles. The van der Waals surface area contributed by atoms with E-state index in [9.17, 15) is 14.0 Å². The van der Waals surface area contributed by atoms with Crippen molar-refractivity contribution in [3.05, 3.63) is 65.0 Å². The summed E-state index contributed by atoms with van der Waals surface area (Å²) < 4.78 is 19.2. The molecule has 0 radical (unpaired) electrons. The molecule has 178 valence electrons. The van der Waals surface area contributed by atoms with Crippen LogP contribution < -0.4 is 10.1 Å². The highest BCUT2D eigenvalue weighted by molar-refractivity contribution is 5.94. The molecule has 6 nitrogen and oxygen atoms in total. The minimum absolute atomic E-state index is 0.0333. The van der Waals surface area contributed by atoms with Gasteiger partial charge in [-0.1, -0.05) is 26.0 Å². The molecular formula is C26H34FN3O3. The van der Waals surface area contributed by atoms with E-state index in [0.717, 1.165) is 23.3 Å². The minimum Gasteiger partial charge on any atom is -0.489 e. The number of amides is 3. The quantitative estimate of drug-likeness (QED) is 0.670. The van der Waals surface area contributed by atoms with Crippen LogP contribution in [-0.4, -0.2) is 54.0 Å². The molecule has 3 amide bonds. The molecule has 2 aromatic rings. The van der Waals surface area contributed by atoms with E-state index in [1.54, 1.807) is 28.0 Å². The number of halogens is 1. The Kier molecular flexibility index (Phi) is 8.31. The number of carbonyl (C=O) groups excluding carboxylic acids is 2. The summed E-state index contributed by atoms with van der Waals surface area (Å²) in [6.07, 6.45) is 0.781. The first-order valence-corrected chi connectivity index (χ1v) is 11.6. The lowest BCUT2D eigenvalue weighted by Crippen LogP contribution is -2.54. The van der Waals surface area contributed by atoms with Gasteiger partial charge in [-0.15, -0.1) is 0 Å². The Bertz CT molecular complexity index is 952. The standard InChI is InChI=1S/C26H34FN3O3/c1-18(2)15-22-16-21(7-10-24(22)33-17-20-5-8-23(27)9-6-20)25(31)29-11-13-30(14-12-29)26(32)28-19(3)4/h5-10,16,18-19H,11-15,17H2,1-4H3,(H,28,32). The maximum atomic E-state index is 13.1. The lowest BCUT2D eigenvalue weighted by Gasteiger charge is -2.35. The molecule has 1 fully saturated rings. The number of ether oxygens (including phenoxy) is 1. The van der Waals surface area contributed by atoms with Crippen LogP contribution in [0.1, 0.15) is 49.2 Å². The van der Waals surface area contributed by atoms with Gasteiger partial charge in [0.15, 0.2) is 0 Å². The van der Waals surface area contributed by atoms with Crippen LogP contribution in [0.25, 0.3) is 0 Å². The van der Waals surface area contributed by atoms with Crippen molar-refractivity contribution in [1.29, 1.82) is 0 Å². The molecule has 2 aromatic carbocycles. The van der Waals surface area contributed by atoms with Crippen molar-refractivity contribution in [3.8, 4) is 5.75 Å². The lowest BCUT2D eigenvalue weighted by molar-refractivity contribution is 0.0663. The van der Waals surface area contributed by atoms with Crippen LogP contribution in [0.15, 0.2) is 42.5 Å². The predicted molar refractivity (Wildman–Crippen MR) is 127 cm³/mol. The third kappa shape index (κ3) is 6.94. The van der Waals surface area contributed by atoms with E-state index < -0.39 is 0 Å². The van der Waals surface area contributed by atoms with E-state index in [1.165, 1.54) is 12.1 Å². The zero-order chi connectivity index (χ0) is 24.0. The molecule has 0 atom stereocenters. The topological polar surface area (TPSA) is 61.9 Å². The van der Waals surface area contributed by atoms with Crippen molar-refractivity contribution in [2.24, 2.45) is 5.92 Å². The summed E-state index contributed by atoms with van der Waals surface area (Å²) in [4.78, 5) is 28.9. The molecule has 3 rings (SSSR count). The zero-order valence-corrected chi connectivity index (χ0v) is 19.9. The first-order valence-electron chi connectivity index (χ1n) is 11.6. The number of rotatable bonds is 7. The van der Waals surface area contributed by atoms with E-state index in [2.05, 4.69) is 19.2 Å². The van der Waals surface area contributed by atoms with Crippen LogP contribution in [0.4, 0.5) is 9.18 Å². The maximum Gasteiger partial charge on any atom is 0.317 e. The van der Waals surface area contributed by atoms with Crippen molar-refractivity contribution in [3.63, 3.8) is 0 Å². The van der Waals surface area contributed by atoms with E-state index in [1.807, 2.05) is 26.0 Å². The number of hydrogen-bond acceptors (Lipinski definition) is 3. The van der Waals surface area contributed by atoms with Crippen LogP contribution >= 0.6 is 0 Å². The van der Waals surface area contributed by atoms with Gasteiger partial charge in [-0.2, -0.15) is 0 Å². The molecule has 0 unspecified atom stereocenters. The number of hydrogen-bond donors (Lipinski definition) is 1. The van der Waals surface area contributed by atoms with Crippen LogP contribution in [-0.2, 0) is 13.0 Å². The van der Waals surface area contributed by atoms with Crippen molar-refractivity contribution < 1.29 is 18.7 Å². The number of piperazine rings is 1. The van der Waals surface area contributed by atoms with Gasteiger partial charge in [0.1, 0.15) is 18.2 Å². The average molecular weight is 456 g/mol. The van der Waals surface area contributed by atoms with Crippen molar-refractivity contribution in [2.75, 3.05) is 26.2 Å². The number of nitrogens with one attached hydrogen (secondary N) is 1. The van der Waals surface area contributed by atoms with Gasteiger partial charge in [0.2, 0.25) is 0 Å². The fraction of sp³-hybridized carbons (Fsp3) is 0.462. The molecule has 0 spiro atoms. The van der Waals surface area contributed by atoms with Gasteiger partial charge in [-0.3, -0.25) is 4.79 Å². The summed E-state index contributed by atoms with van der Waals surface area (Å²) in [6.45, 7) is 10.5. The second kappa shape index (κ2) is 11.2. The molecule has 1 N–H and O–H groups in total. The van der Waals surface area contributed by atoms with Crippen molar-refractivity contribution in [1.82, 2.24) is 15.1 Å². The van der Waals surface area contributed by atoms with E-state index >= 15 is 0 Å². The summed E-state index contributed by atoms with van der Waals surface area (Å²) in [5.41, 5.74) is 2.49. The summed E-state index contributed by atoms with van der Waals surface area (Å²) in [7, 11) is 0. The molecule has 0 saturated carbocycles. The molecular weight excluding hydrogens is 421 g/mol. The fourth-order valence-corrected chi connectivity index (χ4v) is 3.83. The smallest absolute Gasteiger partial charge is 0.317 e. The molecule has 0 aliphatic carbocycles. The predicted octanol–water partition coefficient (Wildman–Crippen LogP) is 4.48. The Hall–Kier alpha value is -3.09. The number of urea groups is 1. The largest absolute Gasteiger partial charge is 0.489 e. The second-order valence-electron chi connectivity index (χ2n) is 9.22. The molecule has 1 aliphatic rings. The molecule has 0 bridgehead atoms. The Balaban J connectivity index is 1.67. The van der Waals surface area contributed by atoms with Crippen LogP contribution in [0.5, 0.6) is 5.75 Å². The normalized spacial score (nSPS) is 14.0. The van der Waals surface area contributed by atoms with Gasteiger partial charge < -0.3 is 19.9 Å². The third-order valence-corrected chi connectivity index (χ3v) is 5.51. The fourth-order valence-electron chi connectivity index (χ4n) is 3.83. The first-order chi connectivity index (χ1) is 15.7. The van der Waals surface area contributed by atoms with Crippen molar-refractivity contribution in [2.45, 2.75) is 46.8 Å². The van der Waals surface area contributed by atoms with Crippen molar-refractivity contribution >= 4 is 11.9 Å². The summed E-state index contributed by atoms with van der Waals surface area (Å²) in [6, 6.07) is 11.8. The van der Waals surface area contributed by atoms with E-state index in [4.69, 9.17) is 4.74 Å². The van der Waals surface area contributed by atoms with Gasteiger partial charge in [0.25, 0.3) is 5.91 Å². The third-order valence-electron chi connectivity index (χ3n) is 5.51. The van der Waals surface area contributed by atoms with E-state index in [0.29, 0.717) is 44.3 Å². The Morgan fingerprint density at radius 2 is 1.61 bits per heavy atom. The zero-order valence-electron chi connectivity index (χ0n) is 19.9. The van der Waals surface area contributed by atoms with Gasteiger partial charge >= 0.3 is 6.03 Å².